The molecule has 0 amide bonds. The molecule has 0 spiro atoms. The van der Waals surface area contributed by atoms with E-state index in [0.717, 1.165) is 38.5 Å². The van der Waals surface area contributed by atoms with Gasteiger partial charge in [0.15, 0.2) is 12.4 Å². The SMILES string of the molecule is C[C@H]1[C@H](C)CC[C@]2(C(=O)O[C@@H]3O[C@H](CO)[C@@H](O)[C@H](O)[C@H]3O)CC[C@]3(C)C(=CC[C@@H]4[C@@]5(C)CC[C@H](O[C@@H]6O[C@H](C(=O)O)[C@@H](O)[C@H](O)[C@H]6O)C(C)(C)[C@@H]5CC[C@]43C)[C@H]12. The second kappa shape index (κ2) is 14.5. The van der Waals surface area contributed by atoms with Crippen LogP contribution in [0.2, 0.25) is 0 Å². The Morgan fingerprint density at radius 2 is 1.43 bits per heavy atom. The van der Waals surface area contributed by atoms with Gasteiger partial charge in [0.2, 0.25) is 6.29 Å². The number of fused-ring (bicyclic) bond motifs is 7. The predicted molar refractivity (Wildman–Crippen MR) is 198 cm³/mol. The molecule has 0 bridgehead atoms. The average molecular weight is 795 g/mol. The predicted octanol–water partition coefficient (Wildman–Crippen LogP) is 2.26. The first kappa shape index (κ1) is 42.4. The maximum absolute atomic E-state index is 14.6. The lowest BCUT2D eigenvalue weighted by Gasteiger charge is -2.71. The first-order chi connectivity index (χ1) is 26.1. The zero-order valence-corrected chi connectivity index (χ0v) is 33.9. The standard InChI is InChI=1S/C42H66O14/c1-19-10-15-42(37(52)56-35-31(48)28(45)27(44)22(18-43)53-35)17-16-40(6)21(26(42)20(19)2)8-9-24-39(5)13-12-25(38(3,4)23(39)11-14-41(24,40)7)54-36-32(49)29(46)30(47)33(55-36)34(50)51/h8,19-20,22-33,35-36,43-49H,9-18H2,1-7H3,(H,50,51)/t19-,20+,22-,23+,24-,25+,26+,27-,28+,29+,30+,31-,32-,33+,35+,36-,39+,40-,41-,42+/m1/s1. The molecule has 318 valence electrons. The second-order valence-corrected chi connectivity index (χ2v) is 20.1. The lowest BCUT2D eigenvalue weighted by atomic mass is 9.33. The molecule has 0 aromatic carbocycles. The van der Waals surface area contributed by atoms with E-state index in [1.54, 1.807) is 0 Å². The minimum absolute atomic E-state index is 0.102. The first-order valence-electron chi connectivity index (χ1n) is 20.9. The van der Waals surface area contributed by atoms with Gasteiger partial charge >= 0.3 is 11.9 Å². The molecular weight excluding hydrogens is 728 g/mol. The van der Waals surface area contributed by atoms with Crippen LogP contribution in [0.3, 0.4) is 0 Å². The number of rotatable bonds is 6. The summed E-state index contributed by atoms with van der Waals surface area (Å²) < 4.78 is 23.6. The van der Waals surface area contributed by atoms with E-state index < -0.39 is 96.9 Å². The zero-order valence-electron chi connectivity index (χ0n) is 33.9. The van der Waals surface area contributed by atoms with Gasteiger partial charge < -0.3 is 59.8 Å². The summed E-state index contributed by atoms with van der Waals surface area (Å²) in [5.74, 6) is -1.00. The average Bonchev–Trinajstić information content (AvgIpc) is 3.14. The molecule has 5 aliphatic carbocycles. The summed E-state index contributed by atoms with van der Waals surface area (Å²) >= 11 is 0. The van der Waals surface area contributed by atoms with E-state index in [-0.39, 0.29) is 34.0 Å². The van der Waals surface area contributed by atoms with Crippen LogP contribution >= 0.6 is 0 Å². The number of allylic oxidation sites excluding steroid dienone is 2. The Balaban J connectivity index is 1.16. The molecule has 20 atom stereocenters. The number of carbonyl (C=O) groups excluding carboxylic acids is 1. The molecule has 0 unspecified atom stereocenters. The van der Waals surface area contributed by atoms with E-state index in [9.17, 15) is 50.4 Å². The van der Waals surface area contributed by atoms with Crippen LogP contribution in [0, 0.1) is 56.7 Å². The van der Waals surface area contributed by atoms with Crippen molar-refractivity contribution in [2.45, 2.75) is 174 Å². The summed E-state index contributed by atoms with van der Waals surface area (Å²) in [6.45, 7) is 15.5. The number of hydrogen-bond acceptors (Lipinski definition) is 13. The van der Waals surface area contributed by atoms with Crippen molar-refractivity contribution in [1.82, 2.24) is 0 Å². The van der Waals surface area contributed by atoms with E-state index in [1.165, 1.54) is 5.57 Å². The van der Waals surface area contributed by atoms with Crippen LogP contribution in [0.15, 0.2) is 11.6 Å². The highest BCUT2D eigenvalue weighted by Crippen LogP contribution is 2.76. The number of hydrogen-bond donors (Lipinski definition) is 8. The summed E-state index contributed by atoms with van der Waals surface area (Å²) in [7, 11) is 0. The smallest absolute Gasteiger partial charge is 0.335 e. The Labute approximate surface area is 329 Å². The van der Waals surface area contributed by atoms with Crippen molar-refractivity contribution in [1.29, 1.82) is 0 Å². The van der Waals surface area contributed by atoms with E-state index in [4.69, 9.17) is 18.9 Å². The molecule has 14 heteroatoms. The number of carboxylic acid groups (broad SMARTS) is 1. The third-order valence-electron chi connectivity index (χ3n) is 17.5. The largest absolute Gasteiger partial charge is 0.479 e. The molecule has 4 saturated carbocycles. The Hall–Kier alpha value is -1.72. The van der Waals surface area contributed by atoms with Gasteiger partial charge in [0.05, 0.1) is 18.1 Å². The molecule has 0 aromatic rings. The van der Waals surface area contributed by atoms with Crippen LogP contribution in [0.4, 0.5) is 0 Å². The fourth-order valence-corrected chi connectivity index (χ4v) is 13.8. The highest BCUT2D eigenvalue weighted by atomic mass is 16.7. The fourth-order valence-electron chi connectivity index (χ4n) is 13.8. The van der Waals surface area contributed by atoms with Gasteiger partial charge in [-0.1, -0.05) is 60.1 Å². The number of ether oxygens (including phenoxy) is 4. The summed E-state index contributed by atoms with van der Waals surface area (Å²) in [6, 6.07) is 0. The molecule has 56 heavy (non-hydrogen) atoms. The van der Waals surface area contributed by atoms with Crippen LogP contribution in [-0.2, 0) is 28.5 Å². The van der Waals surface area contributed by atoms with Gasteiger partial charge in [-0.15, -0.1) is 0 Å². The summed E-state index contributed by atoms with van der Waals surface area (Å²) in [4.78, 5) is 26.4. The Morgan fingerprint density at radius 3 is 2.09 bits per heavy atom. The van der Waals surface area contributed by atoms with E-state index in [2.05, 4.69) is 54.5 Å². The Bertz CT molecular complexity index is 1550. The van der Waals surface area contributed by atoms with Gasteiger partial charge in [0.25, 0.3) is 0 Å². The lowest BCUT2D eigenvalue weighted by molar-refractivity contribution is -0.324. The number of esters is 1. The fraction of sp³-hybridized carbons (Fsp3) is 0.905. The van der Waals surface area contributed by atoms with Crippen molar-refractivity contribution >= 4 is 11.9 Å². The number of aliphatic carboxylic acids is 1. The van der Waals surface area contributed by atoms with E-state index >= 15 is 0 Å². The Kier molecular flexibility index (Phi) is 11.0. The van der Waals surface area contributed by atoms with Crippen molar-refractivity contribution < 1.29 is 69.4 Å². The highest BCUT2D eigenvalue weighted by Gasteiger charge is 2.70. The summed E-state index contributed by atoms with van der Waals surface area (Å²) in [5, 5.41) is 82.5. The molecule has 6 fully saturated rings. The Morgan fingerprint density at radius 1 is 0.768 bits per heavy atom. The van der Waals surface area contributed by atoms with Gasteiger partial charge in [-0.3, -0.25) is 4.79 Å². The quantitative estimate of drug-likeness (QED) is 0.110. The molecule has 14 nitrogen and oxygen atoms in total. The number of carbonyl (C=O) groups is 2. The molecule has 2 heterocycles. The molecule has 7 aliphatic rings. The molecule has 2 saturated heterocycles. The van der Waals surface area contributed by atoms with Crippen molar-refractivity contribution in [3.8, 4) is 0 Å². The summed E-state index contributed by atoms with van der Waals surface area (Å²) in [5.41, 5.74) is -0.417. The van der Waals surface area contributed by atoms with Crippen LogP contribution in [0.1, 0.15) is 106 Å². The van der Waals surface area contributed by atoms with Crippen molar-refractivity contribution in [3.05, 3.63) is 11.6 Å². The monoisotopic (exact) mass is 794 g/mol. The van der Waals surface area contributed by atoms with Crippen LogP contribution < -0.4 is 0 Å². The first-order valence-corrected chi connectivity index (χ1v) is 20.9. The lowest BCUT2D eigenvalue weighted by Crippen LogP contribution is -2.66. The van der Waals surface area contributed by atoms with Gasteiger partial charge in [0, 0.05) is 0 Å². The second-order valence-electron chi connectivity index (χ2n) is 20.1. The van der Waals surface area contributed by atoms with Crippen LogP contribution in [0.25, 0.3) is 0 Å². The third-order valence-corrected chi connectivity index (χ3v) is 17.5. The van der Waals surface area contributed by atoms with Crippen LogP contribution in [-0.4, -0.2) is 127 Å². The van der Waals surface area contributed by atoms with Gasteiger partial charge in [-0.2, -0.15) is 0 Å². The topological polar surface area (TPSA) is 233 Å². The van der Waals surface area contributed by atoms with Crippen LogP contribution in [0.5, 0.6) is 0 Å². The number of aliphatic hydroxyl groups excluding tert-OH is 7. The highest BCUT2D eigenvalue weighted by molar-refractivity contribution is 5.79. The normalized spacial score (nSPS) is 54.0. The van der Waals surface area contributed by atoms with Crippen molar-refractivity contribution in [2.75, 3.05) is 6.61 Å². The molecule has 0 aromatic heterocycles. The minimum Gasteiger partial charge on any atom is -0.479 e. The summed E-state index contributed by atoms with van der Waals surface area (Å²) in [6.07, 6.45) is -6.88. The zero-order chi connectivity index (χ0) is 41.1. The van der Waals surface area contributed by atoms with E-state index in [1.807, 2.05) is 0 Å². The minimum atomic E-state index is -1.79. The van der Waals surface area contributed by atoms with Gasteiger partial charge in [-0.05, 0) is 109 Å². The van der Waals surface area contributed by atoms with Crippen molar-refractivity contribution in [2.24, 2.45) is 56.7 Å². The molecule has 0 radical (unpaired) electrons. The molecular formula is C42H66O14. The molecule has 8 N–H and O–H groups in total. The molecule has 2 aliphatic heterocycles. The maximum Gasteiger partial charge on any atom is 0.335 e. The third kappa shape index (κ3) is 6.01. The molecule has 7 rings (SSSR count). The van der Waals surface area contributed by atoms with Gasteiger partial charge in [0.1, 0.15) is 42.7 Å². The van der Waals surface area contributed by atoms with Crippen molar-refractivity contribution in [3.63, 3.8) is 0 Å². The number of aliphatic hydroxyl groups is 7. The maximum atomic E-state index is 14.6. The van der Waals surface area contributed by atoms with E-state index in [0.29, 0.717) is 31.1 Å². The van der Waals surface area contributed by atoms with Gasteiger partial charge in [-0.25, -0.2) is 4.79 Å². The number of carboxylic acids is 1.